The van der Waals surface area contributed by atoms with Gasteiger partial charge < -0.3 is 14.8 Å². The average Bonchev–Trinajstić information content (AvgIpc) is 3.00. The highest BCUT2D eigenvalue weighted by Crippen LogP contribution is 2.15. The smallest absolute Gasteiger partial charge is 0.407 e. The van der Waals surface area contributed by atoms with E-state index in [1.165, 1.54) is 4.80 Å². The number of hydrogen-bond donors (Lipinski definition) is 1. The molecule has 0 unspecified atom stereocenters. The topological polar surface area (TPSA) is 91.2 Å². The molecule has 26 heavy (non-hydrogen) atoms. The molecule has 1 aromatic carbocycles. The number of aromatic nitrogens is 4. The van der Waals surface area contributed by atoms with Crippen molar-refractivity contribution in [1.29, 1.82) is 0 Å². The SMILES string of the molecule is Cc1nnn(-c2ccc(OC/C(=C/F)CNC(=O)OC(C)(C)C)cc2)n1. The minimum atomic E-state index is -0.614. The summed E-state index contributed by atoms with van der Waals surface area (Å²) in [6, 6.07) is 6.94. The normalized spacial score (nSPS) is 12.0. The van der Waals surface area contributed by atoms with Gasteiger partial charge in [0.15, 0.2) is 5.82 Å². The summed E-state index contributed by atoms with van der Waals surface area (Å²) in [5.41, 5.74) is 0.388. The quantitative estimate of drug-likeness (QED) is 0.848. The van der Waals surface area contributed by atoms with Crippen LogP contribution in [0.4, 0.5) is 9.18 Å². The van der Waals surface area contributed by atoms with Gasteiger partial charge in [0.2, 0.25) is 0 Å². The largest absolute Gasteiger partial charge is 0.489 e. The third kappa shape index (κ3) is 6.15. The zero-order chi connectivity index (χ0) is 19.2. The molecule has 0 aliphatic rings. The molecule has 1 aromatic heterocycles. The van der Waals surface area contributed by atoms with Crippen LogP contribution in [0.25, 0.3) is 5.69 Å². The lowest BCUT2D eigenvalue weighted by atomic mass is 10.2. The highest BCUT2D eigenvalue weighted by Gasteiger charge is 2.16. The maximum atomic E-state index is 13.0. The summed E-state index contributed by atoms with van der Waals surface area (Å²) in [6.07, 6.45) is -0.203. The van der Waals surface area contributed by atoms with Crippen LogP contribution < -0.4 is 10.1 Å². The van der Waals surface area contributed by atoms with Gasteiger partial charge in [-0.3, -0.25) is 0 Å². The lowest BCUT2D eigenvalue weighted by Crippen LogP contribution is -2.34. The van der Waals surface area contributed by atoms with Crippen LogP contribution in [0.15, 0.2) is 36.2 Å². The second-order valence-corrected chi connectivity index (χ2v) is 6.53. The van der Waals surface area contributed by atoms with E-state index in [4.69, 9.17) is 9.47 Å². The van der Waals surface area contributed by atoms with Crippen molar-refractivity contribution < 1.29 is 18.7 Å². The fraction of sp³-hybridized carbons (Fsp3) is 0.412. The van der Waals surface area contributed by atoms with Gasteiger partial charge in [0.1, 0.15) is 18.0 Å². The second-order valence-electron chi connectivity index (χ2n) is 6.53. The number of rotatable bonds is 6. The molecule has 140 valence electrons. The van der Waals surface area contributed by atoms with Crippen molar-refractivity contribution in [1.82, 2.24) is 25.5 Å². The van der Waals surface area contributed by atoms with Gasteiger partial charge in [0.25, 0.3) is 0 Å². The van der Waals surface area contributed by atoms with Gasteiger partial charge in [0.05, 0.1) is 12.0 Å². The highest BCUT2D eigenvalue weighted by molar-refractivity contribution is 5.68. The fourth-order valence-corrected chi connectivity index (χ4v) is 1.87. The monoisotopic (exact) mass is 363 g/mol. The number of tetrazole rings is 1. The van der Waals surface area contributed by atoms with E-state index in [-0.39, 0.29) is 18.7 Å². The number of alkyl carbamates (subject to hydrolysis) is 1. The number of ether oxygens (including phenoxy) is 2. The number of nitrogens with zero attached hydrogens (tertiary/aromatic N) is 4. The van der Waals surface area contributed by atoms with E-state index in [9.17, 15) is 9.18 Å². The Morgan fingerprint density at radius 1 is 1.31 bits per heavy atom. The molecule has 0 aliphatic carbocycles. The van der Waals surface area contributed by atoms with Crippen LogP contribution >= 0.6 is 0 Å². The maximum absolute atomic E-state index is 13.0. The van der Waals surface area contributed by atoms with E-state index in [1.807, 2.05) is 0 Å². The van der Waals surface area contributed by atoms with E-state index < -0.39 is 11.7 Å². The van der Waals surface area contributed by atoms with Crippen molar-refractivity contribution in [2.75, 3.05) is 13.2 Å². The number of aryl methyl sites for hydroxylation is 1. The summed E-state index contributed by atoms with van der Waals surface area (Å²) >= 11 is 0. The Morgan fingerprint density at radius 3 is 2.54 bits per heavy atom. The van der Waals surface area contributed by atoms with Crippen molar-refractivity contribution in [3.8, 4) is 11.4 Å². The molecule has 0 saturated heterocycles. The molecule has 1 N–H and O–H groups in total. The molecule has 8 nitrogen and oxygen atoms in total. The molecule has 0 atom stereocenters. The van der Waals surface area contributed by atoms with Crippen LogP contribution in [0.1, 0.15) is 26.6 Å². The molecule has 0 radical (unpaired) electrons. The van der Waals surface area contributed by atoms with Crippen molar-refractivity contribution in [3.05, 3.63) is 42.0 Å². The summed E-state index contributed by atoms with van der Waals surface area (Å²) in [7, 11) is 0. The van der Waals surface area contributed by atoms with E-state index in [0.29, 0.717) is 17.9 Å². The molecule has 0 fully saturated rings. The minimum absolute atomic E-state index is 0.00761. The van der Waals surface area contributed by atoms with Crippen LogP contribution in [-0.2, 0) is 4.74 Å². The van der Waals surface area contributed by atoms with Crippen molar-refractivity contribution in [2.24, 2.45) is 0 Å². The van der Waals surface area contributed by atoms with Crippen LogP contribution in [-0.4, -0.2) is 45.1 Å². The Kier molecular flexibility index (Phi) is 6.26. The summed E-state index contributed by atoms with van der Waals surface area (Å²) < 4.78 is 23.6. The number of hydrogen-bond acceptors (Lipinski definition) is 6. The highest BCUT2D eigenvalue weighted by atomic mass is 19.1. The molecule has 2 aromatic rings. The van der Waals surface area contributed by atoms with Crippen LogP contribution in [0.3, 0.4) is 0 Å². The third-order valence-corrected chi connectivity index (χ3v) is 3.02. The molecule has 2 rings (SSSR count). The number of halogens is 1. The minimum Gasteiger partial charge on any atom is -0.489 e. The van der Waals surface area contributed by atoms with E-state index in [2.05, 4.69) is 20.7 Å². The first-order valence-electron chi connectivity index (χ1n) is 8.01. The predicted octanol–water partition coefficient (Wildman–Crippen LogP) is 2.73. The molecule has 0 saturated carbocycles. The number of nitrogens with one attached hydrogen (secondary N) is 1. The molecular formula is C17H22FN5O3. The molecule has 0 aliphatic heterocycles. The third-order valence-electron chi connectivity index (χ3n) is 3.02. The van der Waals surface area contributed by atoms with Gasteiger partial charge in [-0.05, 0) is 57.2 Å². The first kappa shape index (κ1) is 19.4. The molecule has 0 spiro atoms. The van der Waals surface area contributed by atoms with Crippen LogP contribution in [0.2, 0.25) is 0 Å². The number of carbonyl (C=O) groups is 1. The molecular weight excluding hydrogens is 341 g/mol. The van der Waals surface area contributed by atoms with Gasteiger partial charge >= 0.3 is 6.09 Å². The van der Waals surface area contributed by atoms with Crippen molar-refractivity contribution in [2.45, 2.75) is 33.3 Å². The van der Waals surface area contributed by atoms with Crippen molar-refractivity contribution in [3.63, 3.8) is 0 Å². The number of carbonyl (C=O) groups excluding carboxylic acids is 1. The molecule has 0 bridgehead atoms. The Morgan fingerprint density at radius 2 is 2.00 bits per heavy atom. The van der Waals surface area contributed by atoms with E-state index >= 15 is 0 Å². The molecule has 9 heteroatoms. The number of benzene rings is 1. The first-order chi connectivity index (χ1) is 12.3. The zero-order valence-electron chi connectivity index (χ0n) is 15.2. The second kappa shape index (κ2) is 8.41. The maximum Gasteiger partial charge on any atom is 0.407 e. The molecule has 1 amide bonds. The molecule has 1 heterocycles. The first-order valence-corrected chi connectivity index (χ1v) is 8.01. The Bertz CT molecular complexity index is 765. The predicted molar refractivity (Wildman–Crippen MR) is 92.8 cm³/mol. The van der Waals surface area contributed by atoms with Crippen LogP contribution in [0, 0.1) is 6.92 Å². The van der Waals surface area contributed by atoms with Crippen LogP contribution in [0.5, 0.6) is 5.75 Å². The Balaban J connectivity index is 1.83. The zero-order valence-corrected chi connectivity index (χ0v) is 15.2. The summed E-state index contributed by atoms with van der Waals surface area (Å²) in [4.78, 5) is 13.0. The Hall–Kier alpha value is -2.97. The fourth-order valence-electron chi connectivity index (χ4n) is 1.87. The van der Waals surface area contributed by atoms with Gasteiger partial charge in [-0.15, -0.1) is 15.0 Å². The standard InChI is InChI=1S/C17H22FN5O3/c1-12-20-22-23(21-12)14-5-7-15(8-6-14)25-11-13(9-18)10-19-16(24)26-17(2,3)4/h5-9H,10-11H2,1-4H3,(H,19,24)/b13-9+. The van der Waals surface area contributed by atoms with E-state index in [1.54, 1.807) is 52.0 Å². The van der Waals surface area contributed by atoms with Gasteiger partial charge in [-0.2, -0.15) is 0 Å². The summed E-state index contributed by atoms with van der Waals surface area (Å²) in [6.45, 7) is 6.99. The van der Waals surface area contributed by atoms with Gasteiger partial charge in [-0.25, -0.2) is 9.18 Å². The van der Waals surface area contributed by atoms with E-state index in [0.717, 1.165) is 5.69 Å². The van der Waals surface area contributed by atoms with Crippen molar-refractivity contribution >= 4 is 6.09 Å². The average molecular weight is 363 g/mol. The lowest BCUT2D eigenvalue weighted by Gasteiger charge is -2.20. The van der Waals surface area contributed by atoms with Gasteiger partial charge in [0, 0.05) is 12.1 Å². The lowest BCUT2D eigenvalue weighted by molar-refractivity contribution is 0.0531. The summed E-state index contributed by atoms with van der Waals surface area (Å²) in [5, 5.41) is 14.3. The number of amides is 1. The Labute approximate surface area is 151 Å². The van der Waals surface area contributed by atoms with Gasteiger partial charge in [-0.1, -0.05) is 0 Å². The summed E-state index contributed by atoms with van der Waals surface area (Å²) in [5.74, 6) is 1.11.